The van der Waals surface area contributed by atoms with Crippen molar-refractivity contribution in [1.82, 2.24) is 15.0 Å². The van der Waals surface area contributed by atoms with Crippen molar-refractivity contribution in [2.24, 2.45) is 0 Å². The zero-order chi connectivity index (χ0) is 15.5. The van der Waals surface area contributed by atoms with Crippen LogP contribution < -0.4 is 0 Å². The fourth-order valence-electron chi connectivity index (χ4n) is 2.84. The molecule has 0 aliphatic carbocycles. The van der Waals surface area contributed by atoms with Gasteiger partial charge in [-0.15, -0.1) is 5.10 Å². The summed E-state index contributed by atoms with van der Waals surface area (Å²) in [5.41, 5.74) is 3.66. The summed E-state index contributed by atoms with van der Waals surface area (Å²) in [5.74, 6) is 0.518. The van der Waals surface area contributed by atoms with Crippen LogP contribution >= 0.6 is 0 Å². The zero-order valence-corrected chi connectivity index (χ0v) is 13.0. The smallest absolute Gasteiger partial charge is 0.172 e. The number of carbonyl (C=O) groups excluding carboxylic acids is 1. The molecule has 116 valence electrons. The molecule has 1 aromatic carbocycles. The fraction of sp³-hybridized carbons (Fsp3) is 0.471. The van der Waals surface area contributed by atoms with E-state index in [0.29, 0.717) is 18.2 Å². The minimum absolute atomic E-state index is 0.0647. The van der Waals surface area contributed by atoms with E-state index in [2.05, 4.69) is 48.4 Å². The second kappa shape index (κ2) is 6.40. The lowest BCUT2D eigenvalue weighted by Gasteiger charge is -2.13. The fourth-order valence-corrected chi connectivity index (χ4v) is 2.84. The molecule has 5 heteroatoms. The summed E-state index contributed by atoms with van der Waals surface area (Å²) in [6.07, 6.45) is 2.63. The van der Waals surface area contributed by atoms with Crippen molar-refractivity contribution in [3.05, 3.63) is 46.8 Å². The van der Waals surface area contributed by atoms with Crippen LogP contribution in [-0.2, 0) is 11.3 Å². The van der Waals surface area contributed by atoms with Crippen molar-refractivity contribution in [2.45, 2.75) is 45.3 Å². The topological polar surface area (TPSA) is 57.0 Å². The maximum atomic E-state index is 11.2. The van der Waals surface area contributed by atoms with E-state index in [4.69, 9.17) is 4.74 Å². The highest BCUT2D eigenvalue weighted by atomic mass is 16.5. The van der Waals surface area contributed by atoms with Crippen molar-refractivity contribution < 1.29 is 9.53 Å². The summed E-state index contributed by atoms with van der Waals surface area (Å²) in [6, 6.07) is 8.50. The average Bonchev–Trinajstić information content (AvgIpc) is 3.16. The van der Waals surface area contributed by atoms with E-state index in [1.54, 1.807) is 4.68 Å². The Morgan fingerprint density at radius 3 is 2.73 bits per heavy atom. The van der Waals surface area contributed by atoms with Gasteiger partial charge in [0.1, 0.15) is 6.10 Å². The van der Waals surface area contributed by atoms with Gasteiger partial charge < -0.3 is 4.74 Å². The molecule has 0 saturated carbocycles. The lowest BCUT2D eigenvalue weighted by atomic mass is 10.0. The normalized spacial score (nSPS) is 18.0. The highest BCUT2D eigenvalue weighted by Gasteiger charge is 2.26. The second-order valence-corrected chi connectivity index (χ2v) is 6.03. The third-order valence-corrected chi connectivity index (χ3v) is 4.13. The van der Waals surface area contributed by atoms with Crippen LogP contribution in [-0.4, -0.2) is 27.9 Å². The van der Waals surface area contributed by atoms with E-state index in [0.717, 1.165) is 37.0 Å². The minimum Gasteiger partial charge on any atom is -0.372 e. The predicted octanol–water partition coefficient (Wildman–Crippen LogP) is 3.11. The summed E-state index contributed by atoms with van der Waals surface area (Å²) in [7, 11) is 0. The molecule has 2 aromatic rings. The average molecular weight is 299 g/mol. The number of hydrogen-bond donors (Lipinski definition) is 0. The van der Waals surface area contributed by atoms with Gasteiger partial charge in [-0.25, -0.2) is 4.68 Å². The first kappa shape index (κ1) is 14.9. The molecule has 1 aromatic heterocycles. The molecule has 22 heavy (non-hydrogen) atoms. The van der Waals surface area contributed by atoms with E-state index in [1.807, 2.05) is 0 Å². The van der Waals surface area contributed by atoms with Crippen LogP contribution in [0, 0.1) is 0 Å². The van der Waals surface area contributed by atoms with Crippen LogP contribution in [0.25, 0.3) is 0 Å². The highest BCUT2D eigenvalue weighted by molar-refractivity contribution is 5.73. The standard InChI is InChI=1S/C17H21N3O2/c1-12(2)14-7-5-13(6-8-14)10-20-17(15(11-21)18-19-20)16-4-3-9-22-16/h5-8,11-12,16H,3-4,9-10H2,1-2H3. The summed E-state index contributed by atoms with van der Waals surface area (Å²) < 4.78 is 7.50. The molecule has 0 spiro atoms. The maximum Gasteiger partial charge on any atom is 0.172 e. The molecule has 0 bridgehead atoms. The highest BCUT2D eigenvalue weighted by Crippen LogP contribution is 2.30. The number of nitrogens with zero attached hydrogens (tertiary/aromatic N) is 3. The lowest BCUT2D eigenvalue weighted by Crippen LogP contribution is -2.11. The number of aldehydes is 1. The third-order valence-electron chi connectivity index (χ3n) is 4.13. The second-order valence-electron chi connectivity index (χ2n) is 6.03. The zero-order valence-electron chi connectivity index (χ0n) is 13.0. The molecular weight excluding hydrogens is 278 g/mol. The Balaban J connectivity index is 1.85. The third kappa shape index (κ3) is 2.95. The van der Waals surface area contributed by atoms with Gasteiger partial charge >= 0.3 is 0 Å². The summed E-state index contributed by atoms with van der Waals surface area (Å²) in [5, 5.41) is 8.13. The molecule has 1 fully saturated rings. The molecule has 5 nitrogen and oxygen atoms in total. The van der Waals surface area contributed by atoms with E-state index in [1.165, 1.54) is 5.56 Å². The Labute approximate surface area is 130 Å². The van der Waals surface area contributed by atoms with Crippen molar-refractivity contribution in [2.75, 3.05) is 6.61 Å². The first-order valence-electron chi connectivity index (χ1n) is 7.78. The van der Waals surface area contributed by atoms with Crippen molar-refractivity contribution in [3.8, 4) is 0 Å². The van der Waals surface area contributed by atoms with Gasteiger partial charge in [-0.05, 0) is 29.9 Å². The van der Waals surface area contributed by atoms with Gasteiger partial charge in [0.15, 0.2) is 12.0 Å². The molecule has 1 aliphatic rings. The Hall–Kier alpha value is -2.01. The van der Waals surface area contributed by atoms with E-state index in [-0.39, 0.29) is 6.10 Å². The molecule has 3 rings (SSSR count). The molecule has 0 radical (unpaired) electrons. The largest absolute Gasteiger partial charge is 0.372 e. The quantitative estimate of drug-likeness (QED) is 0.796. The number of rotatable bonds is 5. The molecule has 1 unspecified atom stereocenters. The van der Waals surface area contributed by atoms with E-state index < -0.39 is 0 Å². The summed E-state index contributed by atoms with van der Waals surface area (Å²) >= 11 is 0. The molecule has 1 aliphatic heterocycles. The van der Waals surface area contributed by atoms with Gasteiger partial charge in [0, 0.05) is 6.61 Å². The minimum atomic E-state index is -0.0647. The van der Waals surface area contributed by atoms with Gasteiger partial charge in [-0.2, -0.15) is 0 Å². The van der Waals surface area contributed by atoms with Crippen LogP contribution in [0.4, 0.5) is 0 Å². The van der Waals surface area contributed by atoms with E-state index >= 15 is 0 Å². The van der Waals surface area contributed by atoms with Crippen LogP contribution in [0.3, 0.4) is 0 Å². The predicted molar refractivity (Wildman–Crippen MR) is 83.0 cm³/mol. The van der Waals surface area contributed by atoms with Crippen LogP contribution in [0.2, 0.25) is 0 Å². The molecule has 0 N–H and O–H groups in total. The first-order chi connectivity index (χ1) is 10.7. The van der Waals surface area contributed by atoms with Gasteiger partial charge in [-0.1, -0.05) is 43.3 Å². The van der Waals surface area contributed by atoms with Crippen molar-refractivity contribution in [3.63, 3.8) is 0 Å². The van der Waals surface area contributed by atoms with Crippen LogP contribution in [0.1, 0.15) is 66.0 Å². The summed E-state index contributed by atoms with van der Waals surface area (Å²) in [4.78, 5) is 11.2. The number of ether oxygens (including phenoxy) is 1. The Kier molecular flexibility index (Phi) is 4.34. The molecule has 1 saturated heterocycles. The first-order valence-corrected chi connectivity index (χ1v) is 7.78. The Morgan fingerprint density at radius 2 is 2.14 bits per heavy atom. The van der Waals surface area contributed by atoms with Gasteiger partial charge in [0.25, 0.3) is 0 Å². The van der Waals surface area contributed by atoms with Gasteiger partial charge in [-0.3, -0.25) is 4.79 Å². The Morgan fingerprint density at radius 1 is 1.36 bits per heavy atom. The number of benzene rings is 1. The lowest BCUT2D eigenvalue weighted by molar-refractivity contribution is 0.101. The SMILES string of the molecule is CC(C)c1ccc(Cn2nnc(C=O)c2C2CCCO2)cc1. The molecule has 0 amide bonds. The monoisotopic (exact) mass is 299 g/mol. The molecule has 2 heterocycles. The summed E-state index contributed by atoms with van der Waals surface area (Å²) in [6.45, 7) is 5.70. The number of aromatic nitrogens is 3. The van der Waals surface area contributed by atoms with Gasteiger partial charge in [0.05, 0.1) is 12.2 Å². The van der Waals surface area contributed by atoms with Crippen molar-refractivity contribution in [1.29, 1.82) is 0 Å². The molecule has 1 atom stereocenters. The molecular formula is C17H21N3O2. The number of hydrogen-bond acceptors (Lipinski definition) is 4. The number of carbonyl (C=O) groups is 1. The Bertz CT molecular complexity index is 640. The van der Waals surface area contributed by atoms with Crippen LogP contribution in [0.15, 0.2) is 24.3 Å². The maximum absolute atomic E-state index is 11.2. The van der Waals surface area contributed by atoms with Crippen LogP contribution in [0.5, 0.6) is 0 Å². The van der Waals surface area contributed by atoms with Gasteiger partial charge in [0.2, 0.25) is 0 Å². The van der Waals surface area contributed by atoms with Crippen molar-refractivity contribution >= 4 is 6.29 Å². The van der Waals surface area contributed by atoms with E-state index in [9.17, 15) is 4.79 Å².